The molecule has 2 aromatic carbocycles. The molecule has 8 heteroatoms. The lowest BCUT2D eigenvalue weighted by atomic mass is 10.2. The van der Waals surface area contributed by atoms with Crippen molar-refractivity contribution >= 4 is 21.6 Å². The lowest BCUT2D eigenvalue weighted by molar-refractivity contribution is 0.375. The molecule has 1 N–H and O–H groups in total. The number of hydrogen-bond donors (Lipinski definition) is 1. The molecular formula is C18H17N3O4S. The smallest absolute Gasteiger partial charge is 0.294 e. The average molecular weight is 371 g/mol. The van der Waals surface area contributed by atoms with Gasteiger partial charge in [0.25, 0.3) is 10.1 Å². The number of nitriles is 1. The van der Waals surface area contributed by atoms with Crippen molar-refractivity contribution in [1.29, 1.82) is 5.26 Å². The summed E-state index contributed by atoms with van der Waals surface area (Å²) < 4.78 is 37.8. The maximum Gasteiger partial charge on any atom is 0.294 e. The van der Waals surface area contributed by atoms with Crippen molar-refractivity contribution in [3.8, 4) is 11.8 Å². The number of aryl methyl sites for hydroxylation is 1. The van der Waals surface area contributed by atoms with Crippen LogP contribution in [0.2, 0.25) is 0 Å². The number of rotatable bonds is 5. The highest BCUT2D eigenvalue weighted by molar-refractivity contribution is 7.85. The molecule has 0 atom stereocenters. The first-order valence-corrected chi connectivity index (χ1v) is 9.34. The Hall–Kier alpha value is -2.89. The van der Waals surface area contributed by atoms with Crippen LogP contribution in [0, 0.1) is 18.3 Å². The molecule has 2 aromatic rings. The normalized spacial score (nSPS) is 14.0. The number of hydrogen-bond acceptors (Lipinski definition) is 6. The predicted molar refractivity (Wildman–Crippen MR) is 97.3 cm³/mol. The highest BCUT2D eigenvalue weighted by Gasteiger charge is 2.22. The zero-order valence-electron chi connectivity index (χ0n) is 14.1. The van der Waals surface area contributed by atoms with Crippen molar-refractivity contribution in [2.45, 2.75) is 11.8 Å². The summed E-state index contributed by atoms with van der Waals surface area (Å²) in [4.78, 5) is 6.16. The molecule has 3 rings (SSSR count). The quantitative estimate of drug-likeness (QED) is 0.810. The number of ether oxygens (including phenoxy) is 1. The molecule has 0 amide bonds. The van der Waals surface area contributed by atoms with Gasteiger partial charge in [-0.15, -0.1) is 0 Å². The Morgan fingerprint density at radius 2 is 2.00 bits per heavy atom. The topological polar surface area (TPSA) is 103 Å². The van der Waals surface area contributed by atoms with E-state index in [0.717, 1.165) is 5.56 Å². The van der Waals surface area contributed by atoms with E-state index in [4.69, 9.17) is 10.00 Å². The second-order valence-electron chi connectivity index (χ2n) is 5.80. The molecular weight excluding hydrogens is 354 g/mol. The van der Waals surface area contributed by atoms with Crippen molar-refractivity contribution in [3.05, 3.63) is 53.6 Å². The maximum atomic E-state index is 11.4. The Balaban J connectivity index is 1.79. The van der Waals surface area contributed by atoms with Gasteiger partial charge >= 0.3 is 0 Å². The molecule has 0 fully saturated rings. The molecule has 26 heavy (non-hydrogen) atoms. The van der Waals surface area contributed by atoms with Crippen molar-refractivity contribution in [2.75, 3.05) is 24.6 Å². The third-order valence-corrected chi connectivity index (χ3v) is 4.90. The molecule has 0 radical (unpaired) electrons. The van der Waals surface area contributed by atoms with Crippen molar-refractivity contribution in [3.63, 3.8) is 0 Å². The minimum absolute atomic E-state index is 0.155. The standard InChI is InChI=1S/C18H17N3O4S/c1-13-2-7-16(26(22,23)24)10-17(13)21-9-8-20-18(21)12-25-15-5-3-14(11-19)4-6-15/h2-7,10H,8-9,12H2,1H3,(H,22,23,24). The number of amidine groups is 1. The van der Waals surface area contributed by atoms with Crippen LogP contribution in [0.25, 0.3) is 0 Å². The molecule has 0 aromatic heterocycles. The summed E-state index contributed by atoms with van der Waals surface area (Å²) in [6.45, 7) is 3.24. The van der Waals surface area contributed by atoms with Gasteiger partial charge in [-0.1, -0.05) is 6.07 Å². The molecule has 0 saturated heterocycles. The predicted octanol–water partition coefficient (Wildman–Crippen LogP) is 2.41. The van der Waals surface area contributed by atoms with Crippen LogP contribution in [-0.2, 0) is 10.1 Å². The summed E-state index contributed by atoms with van der Waals surface area (Å²) >= 11 is 0. The van der Waals surface area contributed by atoms with E-state index in [9.17, 15) is 13.0 Å². The van der Waals surface area contributed by atoms with Gasteiger partial charge in [0.1, 0.15) is 18.2 Å². The monoisotopic (exact) mass is 371 g/mol. The SMILES string of the molecule is Cc1ccc(S(=O)(=O)O)cc1N1CCN=C1COc1ccc(C#N)cc1. The lowest BCUT2D eigenvalue weighted by Crippen LogP contribution is -2.32. The molecule has 0 aliphatic carbocycles. The Morgan fingerprint density at radius 3 is 2.65 bits per heavy atom. The molecule has 134 valence electrons. The molecule has 0 saturated carbocycles. The van der Waals surface area contributed by atoms with E-state index in [1.807, 2.05) is 17.9 Å². The zero-order chi connectivity index (χ0) is 18.7. The lowest BCUT2D eigenvalue weighted by Gasteiger charge is -2.23. The Bertz CT molecular complexity index is 992. The van der Waals surface area contributed by atoms with Crippen molar-refractivity contribution in [1.82, 2.24) is 0 Å². The third kappa shape index (κ3) is 3.85. The van der Waals surface area contributed by atoms with Crippen LogP contribution in [0.15, 0.2) is 52.4 Å². The van der Waals surface area contributed by atoms with E-state index in [1.54, 1.807) is 30.3 Å². The number of aliphatic imine (C=N–C) groups is 1. The summed E-state index contributed by atoms with van der Waals surface area (Å²) in [6.07, 6.45) is 0. The molecule has 7 nitrogen and oxygen atoms in total. The van der Waals surface area contributed by atoms with Crippen LogP contribution >= 0.6 is 0 Å². The van der Waals surface area contributed by atoms with Gasteiger partial charge in [-0.05, 0) is 48.9 Å². The van der Waals surface area contributed by atoms with Gasteiger partial charge in [0.15, 0.2) is 0 Å². The van der Waals surface area contributed by atoms with E-state index < -0.39 is 10.1 Å². The summed E-state index contributed by atoms with van der Waals surface area (Å²) in [5, 5.41) is 8.82. The molecule has 1 aliphatic rings. The summed E-state index contributed by atoms with van der Waals surface area (Å²) in [5.74, 6) is 1.28. The molecule has 0 unspecified atom stereocenters. The highest BCUT2D eigenvalue weighted by atomic mass is 32.2. The molecule has 1 heterocycles. The van der Waals surface area contributed by atoms with E-state index in [1.165, 1.54) is 12.1 Å². The first-order valence-electron chi connectivity index (χ1n) is 7.90. The average Bonchev–Trinajstić information content (AvgIpc) is 3.08. The first kappa shape index (κ1) is 17.9. The minimum atomic E-state index is -4.28. The maximum absolute atomic E-state index is 11.4. The van der Waals surface area contributed by atoms with E-state index in [2.05, 4.69) is 4.99 Å². The van der Waals surface area contributed by atoms with Crippen LogP contribution in [0.3, 0.4) is 0 Å². The second kappa shape index (κ2) is 7.15. The fourth-order valence-corrected chi connectivity index (χ4v) is 3.19. The van der Waals surface area contributed by atoms with Gasteiger partial charge in [0.05, 0.1) is 23.1 Å². The van der Waals surface area contributed by atoms with E-state index in [0.29, 0.717) is 35.9 Å². The van der Waals surface area contributed by atoms with Gasteiger partial charge < -0.3 is 9.64 Å². The zero-order valence-corrected chi connectivity index (χ0v) is 14.9. The summed E-state index contributed by atoms with van der Waals surface area (Å²) in [7, 11) is -4.28. The Labute approximate surface area is 151 Å². The van der Waals surface area contributed by atoms with Crippen LogP contribution in [0.5, 0.6) is 5.75 Å². The number of nitrogens with zero attached hydrogens (tertiary/aromatic N) is 3. The van der Waals surface area contributed by atoms with Crippen LogP contribution in [0.4, 0.5) is 5.69 Å². The molecule has 0 spiro atoms. The van der Waals surface area contributed by atoms with E-state index in [-0.39, 0.29) is 11.5 Å². The minimum Gasteiger partial charge on any atom is -0.486 e. The van der Waals surface area contributed by atoms with Crippen LogP contribution < -0.4 is 9.64 Å². The van der Waals surface area contributed by atoms with Crippen molar-refractivity contribution in [2.24, 2.45) is 4.99 Å². The molecule has 1 aliphatic heterocycles. The largest absolute Gasteiger partial charge is 0.486 e. The van der Waals surface area contributed by atoms with Gasteiger partial charge in [0, 0.05) is 12.2 Å². The Kier molecular flexibility index (Phi) is 4.93. The first-order chi connectivity index (χ1) is 12.4. The van der Waals surface area contributed by atoms with Gasteiger partial charge in [-0.25, -0.2) is 0 Å². The fraction of sp³-hybridized carbons (Fsp3) is 0.222. The van der Waals surface area contributed by atoms with E-state index >= 15 is 0 Å². The van der Waals surface area contributed by atoms with Gasteiger partial charge in [-0.3, -0.25) is 9.55 Å². The van der Waals surface area contributed by atoms with Gasteiger partial charge in [0.2, 0.25) is 0 Å². The van der Waals surface area contributed by atoms with Crippen LogP contribution in [-0.4, -0.2) is 38.5 Å². The highest BCUT2D eigenvalue weighted by Crippen LogP contribution is 2.26. The third-order valence-electron chi connectivity index (χ3n) is 4.05. The number of benzene rings is 2. The summed E-state index contributed by atoms with van der Waals surface area (Å²) in [6, 6.07) is 13.3. The summed E-state index contributed by atoms with van der Waals surface area (Å²) in [5.41, 5.74) is 2.08. The van der Waals surface area contributed by atoms with Crippen LogP contribution in [0.1, 0.15) is 11.1 Å². The Morgan fingerprint density at radius 1 is 1.27 bits per heavy atom. The fourth-order valence-electron chi connectivity index (χ4n) is 2.69. The number of anilines is 1. The van der Waals surface area contributed by atoms with Gasteiger partial charge in [-0.2, -0.15) is 13.7 Å². The van der Waals surface area contributed by atoms with Crippen molar-refractivity contribution < 1.29 is 17.7 Å². The second-order valence-corrected chi connectivity index (χ2v) is 7.22. The molecule has 0 bridgehead atoms.